The molecule has 17 heavy (non-hydrogen) atoms. The molecule has 1 aromatic heterocycles. The van der Waals surface area contributed by atoms with Gasteiger partial charge < -0.3 is 9.53 Å². The highest BCUT2D eigenvalue weighted by molar-refractivity contribution is 5.70. The van der Waals surface area contributed by atoms with E-state index in [-0.39, 0.29) is 0 Å². The zero-order valence-corrected chi connectivity index (χ0v) is 10.5. The Bertz CT molecular complexity index is 391. The van der Waals surface area contributed by atoms with Crippen LogP contribution in [0.3, 0.4) is 0 Å². The monoisotopic (exact) mass is 238 g/mol. The summed E-state index contributed by atoms with van der Waals surface area (Å²) in [5.41, 5.74) is 0.275. The fraction of sp³-hybridized carbons (Fsp3) is 0.583. The number of hydrogen-bond acceptors (Lipinski definition) is 4. The molecule has 0 radical (unpaired) electrons. The number of carbonyl (C=O) groups excluding carboxylic acids is 2. The van der Waals surface area contributed by atoms with Crippen molar-refractivity contribution in [3.05, 3.63) is 18.2 Å². The minimum Gasteiger partial charge on any atom is -0.443 e. The zero-order valence-electron chi connectivity index (χ0n) is 10.5. The van der Waals surface area contributed by atoms with Crippen LogP contribution < -0.4 is 0 Å². The van der Waals surface area contributed by atoms with E-state index in [4.69, 9.17) is 4.74 Å². The molecule has 1 heterocycles. The molecule has 0 N–H and O–H groups in total. The van der Waals surface area contributed by atoms with Gasteiger partial charge in [0.1, 0.15) is 18.2 Å². The number of ether oxygens (including phenoxy) is 1. The van der Waals surface area contributed by atoms with Gasteiger partial charge in [0.15, 0.2) is 0 Å². The number of unbranched alkanes of at least 4 members (excludes halogenated alkanes) is 1. The Labute approximate surface area is 101 Å². The van der Waals surface area contributed by atoms with E-state index in [1.54, 1.807) is 6.20 Å². The second-order valence-corrected chi connectivity index (χ2v) is 4.81. The number of nitrogens with zero attached hydrogens (tertiary/aromatic N) is 2. The first-order valence-electron chi connectivity index (χ1n) is 5.62. The summed E-state index contributed by atoms with van der Waals surface area (Å²) in [6.45, 7) is 5.44. The van der Waals surface area contributed by atoms with E-state index in [0.717, 1.165) is 18.4 Å². The molecule has 0 saturated carbocycles. The van der Waals surface area contributed by atoms with E-state index in [0.29, 0.717) is 12.8 Å². The van der Waals surface area contributed by atoms with Crippen molar-refractivity contribution in [2.24, 2.45) is 0 Å². The molecular weight excluding hydrogens is 220 g/mol. The van der Waals surface area contributed by atoms with Crippen molar-refractivity contribution in [1.29, 1.82) is 0 Å². The van der Waals surface area contributed by atoms with Gasteiger partial charge in [-0.2, -0.15) is 0 Å². The van der Waals surface area contributed by atoms with Crippen LogP contribution in [-0.4, -0.2) is 27.5 Å². The summed E-state index contributed by atoms with van der Waals surface area (Å²) < 4.78 is 6.51. The molecule has 94 valence electrons. The van der Waals surface area contributed by atoms with Crippen LogP contribution in [0.1, 0.15) is 39.3 Å². The number of carbonyl (C=O) groups is 2. The second kappa shape index (κ2) is 5.61. The summed E-state index contributed by atoms with van der Waals surface area (Å²) in [4.78, 5) is 25.9. The Balaban J connectivity index is 2.55. The highest BCUT2D eigenvalue weighted by Gasteiger charge is 2.17. The lowest BCUT2D eigenvalue weighted by molar-refractivity contribution is -0.107. The molecule has 0 aliphatic heterocycles. The third-order valence-electron chi connectivity index (χ3n) is 2.00. The molecule has 0 amide bonds. The highest BCUT2D eigenvalue weighted by atomic mass is 16.6. The zero-order chi connectivity index (χ0) is 12.9. The van der Waals surface area contributed by atoms with Gasteiger partial charge in [0.25, 0.3) is 0 Å². The lowest BCUT2D eigenvalue weighted by Gasteiger charge is -2.19. The van der Waals surface area contributed by atoms with Gasteiger partial charge in [0.05, 0.1) is 5.69 Å². The third kappa shape index (κ3) is 4.80. The number of aryl methyl sites for hydroxylation is 1. The number of aromatic nitrogens is 2. The van der Waals surface area contributed by atoms with Crippen LogP contribution >= 0.6 is 0 Å². The van der Waals surface area contributed by atoms with Crippen molar-refractivity contribution >= 4 is 12.4 Å². The highest BCUT2D eigenvalue weighted by Crippen LogP contribution is 2.09. The summed E-state index contributed by atoms with van der Waals surface area (Å²) in [5, 5.41) is 0. The first kappa shape index (κ1) is 13.4. The van der Waals surface area contributed by atoms with Crippen LogP contribution in [0.5, 0.6) is 0 Å². The SMILES string of the molecule is CC(C)(C)OC(=O)n1cnc(CCCC=O)c1. The summed E-state index contributed by atoms with van der Waals surface area (Å²) in [5.74, 6) is 0. The van der Waals surface area contributed by atoms with E-state index in [1.165, 1.54) is 10.9 Å². The summed E-state index contributed by atoms with van der Waals surface area (Å²) in [7, 11) is 0. The van der Waals surface area contributed by atoms with Crippen molar-refractivity contribution < 1.29 is 14.3 Å². The molecule has 0 aliphatic carbocycles. The van der Waals surface area contributed by atoms with Gasteiger partial charge in [0.2, 0.25) is 0 Å². The first-order valence-corrected chi connectivity index (χ1v) is 5.62. The minimum atomic E-state index is -0.515. The van der Waals surface area contributed by atoms with Crippen LogP contribution in [0.4, 0.5) is 4.79 Å². The largest absolute Gasteiger partial charge is 0.443 e. The van der Waals surface area contributed by atoms with Crippen molar-refractivity contribution in [2.45, 2.75) is 45.6 Å². The second-order valence-electron chi connectivity index (χ2n) is 4.81. The van der Waals surface area contributed by atoms with E-state index in [1.807, 2.05) is 20.8 Å². The predicted octanol–water partition coefficient (Wildman–Crippen LogP) is 2.19. The minimum absolute atomic E-state index is 0.438. The van der Waals surface area contributed by atoms with Crippen molar-refractivity contribution in [3.63, 3.8) is 0 Å². The Morgan fingerprint density at radius 2 is 2.24 bits per heavy atom. The average Bonchev–Trinajstić information content (AvgIpc) is 2.64. The normalized spacial score (nSPS) is 11.2. The van der Waals surface area contributed by atoms with Crippen LogP contribution in [0, 0.1) is 0 Å². The third-order valence-corrected chi connectivity index (χ3v) is 2.00. The number of imidazole rings is 1. The van der Waals surface area contributed by atoms with E-state index in [9.17, 15) is 9.59 Å². The van der Waals surface area contributed by atoms with Gasteiger partial charge >= 0.3 is 6.09 Å². The number of rotatable bonds is 4. The van der Waals surface area contributed by atoms with Crippen LogP contribution in [0.2, 0.25) is 0 Å². The molecule has 1 aromatic rings. The Kier molecular flexibility index (Phi) is 4.43. The van der Waals surface area contributed by atoms with Crippen molar-refractivity contribution in [2.75, 3.05) is 0 Å². The van der Waals surface area contributed by atoms with E-state index >= 15 is 0 Å². The molecule has 0 aliphatic rings. The Morgan fingerprint density at radius 3 is 2.82 bits per heavy atom. The van der Waals surface area contributed by atoms with Gasteiger partial charge in [0, 0.05) is 12.6 Å². The lowest BCUT2D eigenvalue weighted by atomic mass is 10.2. The molecule has 0 atom stereocenters. The summed E-state index contributed by atoms with van der Waals surface area (Å²) >= 11 is 0. The van der Waals surface area contributed by atoms with Gasteiger partial charge in [-0.3, -0.25) is 0 Å². The average molecular weight is 238 g/mol. The Morgan fingerprint density at radius 1 is 1.53 bits per heavy atom. The molecule has 0 fully saturated rings. The van der Waals surface area contributed by atoms with Crippen LogP contribution in [0.25, 0.3) is 0 Å². The Hall–Kier alpha value is -1.65. The smallest absolute Gasteiger partial charge is 0.419 e. The first-order chi connectivity index (χ1) is 7.92. The van der Waals surface area contributed by atoms with Gasteiger partial charge in [-0.15, -0.1) is 0 Å². The van der Waals surface area contributed by atoms with Crippen molar-refractivity contribution in [3.8, 4) is 0 Å². The van der Waals surface area contributed by atoms with Crippen LogP contribution in [-0.2, 0) is 16.0 Å². The van der Waals surface area contributed by atoms with E-state index < -0.39 is 11.7 Å². The molecule has 0 saturated heterocycles. The molecule has 0 unspecified atom stereocenters. The fourth-order valence-corrected chi connectivity index (χ4v) is 1.27. The van der Waals surface area contributed by atoms with Crippen LogP contribution in [0.15, 0.2) is 12.5 Å². The summed E-state index contributed by atoms with van der Waals surface area (Å²) in [6, 6.07) is 0. The predicted molar refractivity (Wildman–Crippen MR) is 62.9 cm³/mol. The molecule has 0 aromatic carbocycles. The van der Waals surface area contributed by atoms with E-state index in [2.05, 4.69) is 4.98 Å². The topological polar surface area (TPSA) is 61.2 Å². The maximum Gasteiger partial charge on any atom is 0.419 e. The summed E-state index contributed by atoms with van der Waals surface area (Å²) in [6.07, 6.45) is 5.46. The molecule has 0 bridgehead atoms. The molecule has 5 nitrogen and oxygen atoms in total. The maximum atomic E-state index is 11.6. The molecule has 1 rings (SSSR count). The standard InChI is InChI=1S/C12H18N2O3/c1-12(2,3)17-11(16)14-8-10(13-9-14)6-4-5-7-15/h7-9H,4-6H2,1-3H3. The van der Waals surface area contributed by atoms with Gasteiger partial charge in [-0.25, -0.2) is 14.3 Å². The number of aldehydes is 1. The maximum absolute atomic E-state index is 11.6. The lowest BCUT2D eigenvalue weighted by Crippen LogP contribution is -2.26. The van der Waals surface area contributed by atoms with Crippen molar-refractivity contribution in [1.82, 2.24) is 9.55 Å². The molecule has 0 spiro atoms. The molecular formula is C12H18N2O3. The fourth-order valence-electron chi connectivity index (χ4n) is 1.27. The van der Waals surface area contributed by atoms with Gasteiger partial charge in [-0.05, 0) is 33.6 Å². The molecule has 5 heteroatoms. The van der Waals surface area contributed by atoms with Gasteiger partial charge in [-0.1, -0.05) is 0 Å². The quantitative estimate of drug-likeness (QED) is 0.596. The number of hydrogen-bond donors (Lipinski definition) is 0.